The molecule has 2 rings (SSSR count). The van der Waals surface area contributed by atoms with E-state index in [0.29, 0.717) is 5.92 Å². The summed E-state index contributed by atoms with van der Waals surface area (Å²) < 4.78 is 5.45. The molecule has 3 N–H and O–H groups in total. The van der Waals surface area contributed by atoms with E-state index in [1.54, 1.807) is 7.11 Å². The second-order valence-corrected chi connectivity index (χ2v) is 5.09. The van der Waals surface area contributed by atoms with E-state index in [4.69, 9.17) is 10.5 Å². The molecule has 0 radical (unpaired) electrons. The molecule has 1 aliphatic carbocycles. The fourth-order valence-electron chi connectivity index (χ4n) is 2.83. The maximum atomic E-state index is 9.85. The van der Waals surface area contributed by atoms with Crippen LogP contribution in [-0.4, -0.2) is 18.8 Å². The lowest BCUT2D eigenvalue weighted by molar-refractivity contribution is 0.186. The third-order valence-electron chi connectivity index (χ3n) is 3.91. The standard InChI is InChI=1S/C15H23NO2/c1-18-15-8-7-12(14(17)10-16)9-13(15)11-5-3-2-4-6-11/h7-9,11,14,17H,2-6,10,16H2,1H3. The molecule has 100 valence electrons. The Labute approximate surface area is 109 Å². The first kappa shape index (κ1) is 13.4. The van der Waals surface area contributed by atoms with Gasteiger partial charge in [0.05, 0.1) is 13.2 Å². The summed E-state index contributed by atoms with van der Waals surface area (Å²) in [5.41, 5.74) is 7.66. The lowest BCUT2D eigenvalue weighted by Gasteiger charge is -2.24. The zero-order chi connectivity index (χ0) is 13.0. The Morgan fingerprint density at radius 1 is 1.33 bits per heavy atom. The highest BCUT2D eigenvalue weighted by atomic mass is 16.5. The highest BCUT2D eigenvalue weighted by molar-refractivity contribution is 5.40. The van der Waals surface area contributed by atoms with Crippen LogP contribution in [0.4, 0.5) is 0 Å². The maximum Gasteiger partial charge on any atom is 0.122 e. The van der Waals surface area contributed by atoms with E-state index in [2.05, 4.69) is 6.07 Å². The Balaban J connectivity index is 2.29. The minimum atomic E-state index is -0.571. The number of aliphatic hydroxyl groups is 1. The average molecular weight is 249 g/mol. The SMILES string of the molecule is COc1ccc(C(O)CN)cc1C1CCCCC1. The summed E-state index contributed by atoms with van der Waals surface area (Å²) >= 11 is 0. The van der Waals surface area contributed by atoms with Gasteiger partial charge in [-0.15, -0.1) is 0 Å². The van der Waals surface area contributed by atoms with Gasteiger partial charge in [0.15, 0.2) is 0 Å². The largest absolute Gasteiger partial charge is 0.496 e. The number of aliphatic hydroxyl groups excluding tert-OH is 1. The van der Waals surface area contributed by atoms with Gasteiger partial charge in [0, 0.05) is 6.54 Å². The minimum Gasteiger partial charge on any atom is -0.496 e. The van der Waals surface area contributed by atoms with Gasteiger partial charge in [-0.05, 0) is 42.0 Å². The molecule has 1 aromatic rings. The van der Waals surface area contributed by atoms with E-state index >= 15 is 0 Å². The third-order valence-corrected chi connectivity index (χ3v) is 3.91. The van der Waals surface area contributed by atoms with Crippen LogP contribution in [0, 0.1) is 0 Å². The van der Waals surface area contributed by atoms with Gasteiger partial charge in [-0.3, -0.25) is 0 Å². The summed E-state index contributed by atoms with van der Waals surface area (Å²) in [5, 5.41) is 9.85. The van der Waals surface area contributed by atoms with Crippen LogP contribution in [0.5, 0.6) is 5.75 Å². The van der Waals surface area contributed by atoms with Crippen LogP contribution in [0.3, 0.4) is 0 Å². The van der Waals surface area contributed by atoms with Gasteiger partial charge in [-0.2, -0.15) is 0 Å². The topological polar surface area (TPSA) is 55.5 Å². The molecule has 0 amide bonds. The van der Waals surface area contributed by atoms with Crippen LogP contribution >= 0.6 is 0 Å². The van der Waals surface area contributed by atoms with Gasteiger partial charge in [0.1, 0.15) is 5.75 Å². The zero-order valence-electron chi connectivity index (χ0n) is 11.1. The number of methoxy groups -OCH3 is 1. The van der Waals surface area contributed by atoms with Crippen molar-refractivity contribution in [3.63, 3.8) is 0 Å². The first-order valence-electron chi connectivity index (χ1n) is 6.82. The van der Waals surface area contributed by atoms with Crippen molar-refractivity contribution in [3.8, 4) is 5.75 Å². The summed E-state index contributed by atoms with van der Waals surface area (Å²) in [5.74, 6) is 1.51. The second-order valence-electron chi connectivity index (χ2n) is 5.09. The molecule has 3 nitrogen and oxygen atoms in total. The molecule has 0 aromatic heterocycles. The van der Waals surface area contributed by atoms with Crippen molar-refractivity contribution in [2.24, 2.45) is 5.73 Å². The number of hydrogen-bond acceptors (Lipinski definition) is 3. The summed E-state index contributed by atoms with van der Waals surface area (Å²) in [6.07, 6.45) is 5.79. The summed E-state index contributed by atoms with van der Waals surface area (Å²) in [6, 6.07) is 5.94. The Morgan fingerprint density at radius 3 is 2.67 bits per heavy atom. The van der Waals surface area contributed by atoms with E-state index in [1.807, 2.05) is 12.1 Å². The minimum absolute atomic E-state index is 0.260. The number of benzene rings is 1. The van der Waals surface area contributed by atoms with Crippen molar-refractivity contribution in [1.29, 1.82) is 0 Å². The second kappa shape index (κ2) is 6.21. The molecule has 0 aliphatic heterocycles. The van der Waals surface area contributed by atoms with Crippen molar-refractivity contribution in [2.45, 2.75) is 44.1 Å². The Morgan fingerprint density at radius 2 is 2.06 bits per heavy atom. The molecular weight excluding hydrogens is 226 g/mol. The predicted octanol–water partition coefficient (Wildman–Crippen LogP) is 2.74. The first-order chi connectivity index (χ1) is 8.76. The van der Waals surface area contributed by atoms with Gasteiger partial charge in [0.2, 0.25) is 0 Å². The van der Waals surface area contributed by atoms with Crippen LogP contribution in [0.25, 0.3) is 0 Å². The molecule has 0 bridgehead atoms. The highest BCUT2D eigenvalue weighted by Crippen LogP contribution is 2.38. The zero-order valence-corrected chi connectivity index (χ0v) is 11.1. The molecule has 0 saturated heterocycles. The molecule has 1 atom stereocenters. The lowest BCUT2D eigenvalue weighted by Crippen LogP contribution is -2.13. The predicted molar refractivity (Wildman–Crippen MR) is 72.8 cm³/mol. The summed E-state index contributed by atoms with van der Waals surface area (Å²) in [7, 11) is 1.71. The van der Waals surface area contributed by atoms with Gasteiger partial charge in [0.25, 0.3) is 0 Å². The van der Waals surface area contributed by atoms with Gasteiger partial charge >= 0.3 is 0 Å². The fourth-order valence-corrected chi connectivity index (χ4v) is 2.83. The van der Waals surface area contributed by atoms with E-state index in [1.165, 1.54) is 37.7 Å². The summed E-state index contributed by atoms with van der Waals surface area (Å²) in [4.78, 5) is 0. The number of ether oxygens (including phenoxy) is 1. The maximum absolute atomic E-state index is 9.85. The Hall–Kier alpha value is -1.06. The smallest absolute Gasteiger partial charge is 0.122 e. The molecule has 1 aromatic carbocycles. The normalized spacial score (nSPS) is 18.6. The lowest BCUT2D eigenvalue weighted by atomic mass is 9.83. The molecule has 1 saturated carbocycles. The van der Waals surface area contributed by atoms with Gasteiger partial charge < -0.3 is 15.6 Å². The summed E-state index contributed by atoms with van der Waals surface area (Å²) in [6.45, 7) is 0.260. The van der Waals surface area contributed by atoms with Crippen molar-refractivity contribution in [2.75, 3.05) is 13.7 Å². The van der Waals surface area contributed by atoms with Crippen LogP contribution in [-0.2, 0) is 0 Å². The third kappa shape index (κ3) is 2.85. The molecule has 1 aliphatic rings. The fraction of sp³-hybridized carbons (Fsp3) is 0.600. The number of rotatable bonds is 4. The van der Waals surface area contributed by atoms with Gasteiger partial charge in [-0.1, -0.05) is 25.3 Å². The van der Waals surface area contributed by atoms with Crippen LogP contribution in [0.15, 0.2) is 18.2 Å². The van der Waals surface area contributed by atoms with E-state index in [0.717, 1.165) is 11.3 Å². The molecular formula is C15H23NO2. The Bertz CT molecular complexity index is 386. The number of hydrogen-bond donors (Lipinski definition) is 2. The molecule has 18 heavy (non-hydrogen) atoms. The monoisotopic (exact) mass is 249 g/mol. The molecule has 0 heterocycles. The van der Waals surface area contributed by atoms with Gasteiger partial charge in [-0.25, -0.2) is 0 Å². The van der Waals surface area contributed by atoms with Crippen molar-refractivity contribution >= 4 is 0 Å². The van der Waals surface area contributed by atoms with Crippen LogP contribution in [0.2, 0.25) is 0 Å². The van der Waals surface area contributed by atoms with Crippen molar-refractivity contribution < 1.29 is 9.84 Å². The van der Waals surface area contributed by atoms with E-state index in [9.17, 15) is 5.11 Å². The van der Waals surface area contributed by atoms with E-state index < -0.39 is 6.10 Å². The first-order valence-corrected chi connectivity index (χ1v) is 6.82. The van der Waals surface area contributed by atoms with Crippen molar-refractivity contribution in [1.82, 2.24) is 0 Å². The highest BCUT2D eigenvalue weighted by Gasteiger charge is 2.20. The van der Waals surface area contributed by atoms with E-state index in [-0.39, 0.29) is 6.54 Å². The van der Waals surface area contributed by atoms with Crippen LogP contribution < -0.4 is 10.5 Å². The van der Waals surface area contributed by atoms with Crippen LogP contribution in [0.1, 0.15) is 55.3 Å². The average Bonchev–Trinajstić information content (AvgIpc) is 2.46. The number of nitrogens with two attached hydrogens (primary N) is 1. The quantitative estimate of drug-likeness (QED) is 0.862. The Kier molecular flexibility index (Phi) is 4.61. The van der Waals surface area contributed by atoms with Crippen molar-refractivity contribution in [3.05, 3.63) is 29.3 Å². The molecule has 0 spiro atoms. The molecule has 3 heteroatoms. The molecule has 1 fully saturated rings. The molecule has 1 unspecified atom stereocenters.